The molecule has 2 aromatic rings. The van der Waals surface area contributed by atoms with Crippen LogP contribution in [0.2, 0.25) is 0 Å². The van der Waals surface area contributed by atoms with Crippen LogP contribution in [0.3, 0.4) is 0 Å². The Morgan fingerprint density at radius 2 is 1.69 bits per heavy atom. The van der Waals surface area contributed by atoms with E-state index in [2.05, 4.69) is 0 Å². The summed E-state index contributed by atoms with van der Waals surface area (Å²) in [4.78, 5) is 12.9. The highest BCUT2D eigenvalue weighted by molar-refractivity contribution is 7.89. The second-order valence-corrected chi connectivity index (χ2v) is 8.05. The lowest BCUT2D eigenvalue weighted by Gasteiger charge is -2.34. The molecular formula is C19H23ClN2O3S. The second-order valence-electron chi connectivity index (χ2n) is 6.19. The standard InChI is InChI=1S/C19H22N2O3S.ClH/c20-14-16-10-6-7-13-21(16)25(23,24)18-12-5-4-11-17(18)19(22)15-8-2-1-3-9-15;/h1-5,8-9,11-12,16H,6-7,10,13-14,20H2;1H. The zero-order valence-corrected chi connectivity index (χ0v) is 16.0. The fourth-order valence-corrected chi connectivity index (χ4v) is 5.17. The summed E-state index contributed by atoms with van der Waals surface area (Å²) in [6, 6.07) is 14.9. The van der Waals surface area contributed by atoms with E-state index in [4.69, 9.17) is 5.73 Å². The van der Waals surface area contributed by atoms with Gasteiger partial charge in [-0.05, 0) is 25.0 Å². The molecule has 0 bridgehead atoms. The number of nitrogens with two attached hydrogens (primary N) is 1. The van der Waals surface area contributed by atoms with Crippen LogP contribution in [0.25, 0.3) is 0 Å². The first kappa shape index (κ1) is 20.6. The fourth-order valence-electron chi connectivity index (χ4n) is 3.28. The molecule has 2 N–H and O–H groups in total. The minimum Gasteiger partial charge on any atom is -0.329 e. The van der Waals surface area contributed by atoms with Crippen LogP contribution in [0.5, 0.6) is 0 Å². The molecule has 1 aliphatic rings. The van der Waals surface area contributed by atoms with E-state index in [-0.39, 0.29) is 41.2 Å². The third kappa shape index (κ3) is 3.99. The molecular weight excluding hydrogens is 372 g/mol. The molecule has 0 saturated carbocycles. The molecule has 140 valence electrons. The van der Waals surface area contributed by atoms with E-state index in [0.29, 0.717) is 12.1 Å². The number of sulfonamides is 1. The van der Waals surface area contributed by atoms with Gasteiger partial charge in [0.15, 0.2) is 5.78 Å². The van der Waals surface area contributed by atoms with E-state index < -0.39 is 10.0 Å². The van der Waals surface area contributed by atoms with Gasteiger partial charge in [-0.2, -0.15) is 4.31 Å². The Labute approximate surface area is 160 Å². The number of carbonyl (C=O) groups is 1. The van der Waals surface area contributed by atoms with Crippen LogP contribution in [-0.2, 0) is 10.0 Å². The van der Waals surface area contributed by atoms with Crippen LogP contribution in [0.4, 0.5) is 0 Å². The van der Waals surface area contributed by atoms with Crippen molar-refractivity contribution < 1.29 is 13.2 Å². The Balaban J connectivity index is 0.00000243. The first-order valence-electron chi connectivity index (χ1n) is 8.46. The first-order chi connectivity index (χ1) is 12.1. The molecule has 0 radical (unpaired) electrons. The van der Waals surface area contributed by atoms with Crippen molar-refractivity contribution >= 4 is 28.2 Å². The molecule has 1 unspecified atom stereocenters. The average Bonchev–Trinajstić information content (AvgIpc) is 2.68. The largest absolute Gasteiger partial charge is 0.329 e. The quantitative estimate of drug-likeness (QED) is 0.790. The van der Waals surface area contributed by atoms with Crippen LogP contribution in [0.1, 0.15) is 35.2 Å². The maximum Gasteiger partial charge on any atom is 0.244 e. The van der Waals surface area contributed by atoms with E-state index in [1.807, 2.05) is 6.07 Å². The molecule has 7 heteroatoms. The molecule has 1 heterocycles. The van der Waals surface area contributed by atoms with Gasteiger partial charge in [-0.15, -0.1) is 12.4 Å². The van der Waals surface area contributed by atoms with Crippen molar-refractivity contribution in [2.75, 3.05) is 13.1 Å². The molecule has 1 aliphatic heterocycles. The molecule has 5 nitrogen and oxygen atoms in total. The van der Waals surface area contributed by atoms with Crippen LogP contribution in [-0.4, -0.2) is 37.6 Å². The molecule has 1 atom stereocenters. The molecule has 2 aromatic carbocycles. The summed E-state index contributed by atoms with van der Waals surface area (Å²) in [6.45, 7) is 0.728. The summed E-state index contributed by atoms with van der Waals surface area (Å²) < 4.78 is 27.9. The summed E-state index contributed by atoms with van der Waals surface area (Å²) in [5, 5.41) is 0. The van der Waals surface area contributed by atoms with Gasteiger partial charge in [-0.1, -0.05) is 48.9 Å². The molecule has 0 spiro atoms. The zero-order chi connectivity index (χ0) is 17.9. The Morgan fingerprint density at radius 1 is 1.04 bits per heavy atom. The van der Waals surface area contributed by atoms with Crippen LogP contribution in [0.15, 0.2) is 59.5 Å². The summed E-state index contributed by atoms with van der Waals surface area (Å²) in [5.74, 6) is -0.291. The number of hydrogen-bond acceptors (Lipinski definition) is 4. The lowest BCUT2D eigenvalue weighted by molar-refractivity contribution is 0.103. The minimum absolute atomic E-state index is 0. The predicted molar refractivity (Wildman–Crippen MR) is 104 cm³/mol. The van der Waals surface area contributed by atoms with E-state index >= 15 is 0 Å². The van der Waals surface area contributed by atoms with Crippen molar-refractivity contribution in [2.45, 2.75) is 30.2 Å². The highest BCUT2D eigenvalue weighted by atomic mass is 35.5. The number of rotatable bonds is 5. The topological polar surface area (TPSA) is 80.5 Å². The SMILES string of the molecule is Cl.NCC1CCCCN1S(=O)(=O)c1ccccc1C(=O)c1ccccc1. The van der Waals surface area contributed by atoms with Crippen LogP contribution >= 0.6 is 12.4 Å². The van der Waals surface area contributed by atoms with Crippen LogP contribution in [0, 0.1) is 0 Å². The summed E-state index contributed by atoms with van der Waals surface area (Å²) >= 11 is 0. The van der Waals surface area contributed by atoms with Gasteiger partial charge in [0.1, 0.15) is 0 Å². The monoisotopic (exact) mass is 394 g/mol. The van der Waals surface area contributed by atoms with Crippen molar-refractivity contribution in [3.05, 3.63) is 65.7 Å². The lowest BCUT2D eigenvalue weighted by atomic mass is 10.0. The Kier molecular flexibility index (Phi) is 6.94. The lowest BCUT2D eigenvalue weighted by Crippen LogP contribution is -2.47. The molecule has 1 fully saturated rings. The average molecular weight is 395 g/mol. The van der Waals surface area contributed by atoms with Gasteiger partial charge in [0, 0.05) is 30.3 Å². The molecule has 0 aliphatic carbocycles. The molecule has 0 amide bonds. The minimum atomic E-state index is -3.77. The molecule has 1 saturated heterocycles. The van der Waals surface area contributed by atoms with Gasteiger partial charge in [-0.3, -0.25) is 4.79 Å². The van der Waals surface area contributed by atoms with E-state index in [1.54, 1.807) is 42.5 Å². The van der Waals surface area contributed by atoms with Crippen molar-refractivity contribution in [1.29, 1.82) is 0 Å². The third-order valence-electron chi connectivity index (χ3n) is 4.60. The second kappa shape index (κ2) is 8.77. The van der Waals surface area contributed by atoms with Crippen molar-refractivity contribution in [2.24, 2.45) is 5.73 Å². The summed E-state index contributed by atoms with van der Waals surface area (Å²) in [6.07, 6.45) is 2.54. The highest BCUT2D eigenvalue weighted by Crippen LogP contribution is 2.28. The van der Waals surface area contributed by atoms with Gasteiger partial charge in [0.2, 0.25) is 10.0 Å². The Bertz CT molecular complexity index is 856. The van der Waals surface area contributed by atoms with E-state index in [0.717, 1.165) is 19.3 Å². The maximum atomic E-state index is 13.2. The first-order valence-corrected chi connectivity index (χ1v) is 9.90. The number of hydrogen-bond donors (Lipinski definition) is 1. The summed E-state index contributed by atoms with van der Waals surface area (Å²) in [7, 11) is -3.77. The van der Waals surface area contributed by atoms with Gasteiger partial charge in [0.05, 0.1) is 4.90 Å². The molecule has 0 aromatic heterocycles. The number of piperidine rings is 1. The van der Waals surface area contributed by atoms with Gasteiger partial charge < -0.3 is 5.73 Å². The molecule has 3 rings (SSSR count). The highest BCUT2D eigenvalue weighted by Gasteiger charge is 2.35. The number of halogens is 1. The van der Waals surface area contributed by atoms with E-state index in [9.17, 15) is 13.2 Å². The summed E-state index contributed by atoms with van der Waals surface area (Å²) in [5.41, 5.74) is 6.46. The predicted octanol–water partition coefficient (Wildman–Crippen LogP) is 2.84. The van der Waals surface area contributed by atoms with Crippen molar-refractivity contribution in [1.82, 2.24) is 4.31 Å². The van der Waals surface area contributed by atoms with Gasteiger partial charge >= 0.3 is 0 Å². The Hall–Kier alpha value is -1.73. The smallest absolute Gasteiger partial charge is 0.244 e. The van der Waals surface area contributed by atoms with Crippen LogP contribution < -0.4 is 5.73 Å². The maximum absolute atomic E-state index is 13.2. The normalized spacial score (nSPS) is 18.1. The number of carbonyl (C=O) groups excluding carboxylic acids is 1. The zero-order valence-electron chi connectivity index (χ0n) is 14.4. The van der Waals surface area contributed by atoms with E-state index in [1.165, 1.54) is 10.4 Å². The third-order valence-corrected chi connectivity index (χ3v) is 6.61. The number of benzene rings is 2. The van der Waals surface area contributed by atoms with Crippen molar-refractivity contribution in [3.8, 4) is 0 Å². The van der Waals surface area contributed by atoms with Gasteiger partial charge in [0.25, 0.3) is 0 Å². The van der Waals surface area contributed by atoms with Crippen molar-refractivity contribution in [3.63, 3.8) is 0 Å². The number of nitrogens with zero attached hydrogens (tertiary/aromatic N) is 1. The van der Waals surface area contributed by atoms with Gasteiger partial charge in [-0.25, -0.2) is 8.42 Å². The fraction of sp³-hybridized carbons (Fsp3) is 0.316. The number of ketones is 1. The Morgan fingerprint density at radius 3 is 2.38 bits per heavy atom. The molecule has 26 heavy (non-hydrogen) atoms.